The number of fused-ring (bicyclic) bond motifs is 1. The lowest BCUT2D eigenvalue weighted by molar-refractivity contribution is -0.132. The molecule has 0 saturated carbocycles. The van der Waals surface area contributed by atoms with Crippen molar-refractivity contribution in [3.05, 3.63) is 102 Å². The van der Waals surface area contributed by atoms with Gasteiger partial charge in [0.25, 0.3) is 5.91 Å². The van der Waals surface area contributed by atoms with Gasteiger partial charge in [-0.2, -0.15) is 5.10 Å². The van der Waals surface area contributed by atoms with Crippen LogP contribution < -0.4 is 29.1 Å². The molecule has 0 unspecified atom stereocenters. The predicted octanol–water partition coefficient (Wildman–Crippen LogP) is 6.16. The van der Waals surface area contributed by atoms with Crippen molar-refractivity contribution in [3.8, 4) is 39.9 Å². The van der Waals surface area contributed by atoms with Gasteiger partial charge in [-0.3, -0.25) is 9.59 Å². The van der Waals surface area contributed by atoms with E-state index in [1.807, 2.05) is 48.5 Å². The number of nitrogens with one attached hydrogen (secondary N) is 2. The molecular formula is C35H31N3O8. The van der Waals surface area contributed by atoms with Crippen LogP contribution in [-0.4, -0.2) is 49.9 Å². The molecule has 0 aliphatic heterocycles. The van der Waals surface area contributed by atoms with Crippen LogP contribution in [0.5, 0.6) is 28.7 Å². The molecule has 5 aromatic rings. The van der Waals surface area contributed by atoms with Crippen molar-refractivity contribution in [2.24, 2.45) is 5.10 Å². The molecule has 234 valence electrons. The van der Waals surface area contributed by atoms with Gasteiger partial charge in [0.05, 0.1) is 32.6 Å². The average molecular weight is 622 g/mol. The zero-order valence-corrected chi connectivity index (χ0v) is 25.6. The molecule has 1 amide bonds. The van der Waals surface area contributed by atoms with Crippen LogP contribution in [0.4, 0.5) is 0 Å². The molecule has 11 heteroatoms. The number of aromatic nitrogens is 1. The second-order valence-electron chi connectivity index (χ2n) is 9.84. The van der Waals surface area contributed by atoms with Gasteiger partial charge in [-0.1, -0.05) is 30.3 Å². The van der Waals surface area contributed by atoms with E-state index >= 15 is 0 Å². The SMILES string of the molecule is CCOc1cc(C=NNC(=O)c2[nH]c3ccc(OC)cc3c2-c2ccccc2)ccc1OC(=O)c1ccc(OC(C)=O)c(OC)c1. The number of hydrazone groups is 1. The van der Waals surface area contributed by atoms with Gasteiger partial charge < -0.3 is 28.7 Å². The number of hydrogen-bond acceptors (Lipinski definition) is 9. The fourth-order valence-corrected chi connectivity index (χ4v) is 4.74. The van der Waals surface area contributed by atoms with Crippen LogP contribution in [0.3, 0.4) is 0 Å². The van der Waals surface area contributed by atoms with E-state index in [0.717, 1.165) is 22.0 Å². The normalized spacial score (nSPS) is 10.9. The van der Waals surface area contributed by atoms with Gasteiger partial charge in [0.2, 0.25) is 0 Å². The van der Waals surface area contributed by atoms with E-state index in [1.165, 1.54) is 38.4 Å². The molecule has 46 heavy (non-hydrogen) atoms. The molecule has 1 heterocycles. The third-order valence-electron chi connectivity index (χ3n) is 6.80. The van der Waals surface area contributed by atoms with Crippen LogP contribution in [0.1, 0.15) is 40.3 Å². The van der Waals surface area contributed by atoms with Crippen LogP contribution in [-0.2, 0) is 4.79 Å². The summed E-state index contributed by atoms with van der Waals surface area (Å²) < 4.78 is 27.1. The Morgan fingerprint density at radius 1 is 0.826 bits per heavy atom. The highest BCUT2D eigenvalue weighted by molar-refractivity contribution is 6.10. The first-order chi connectivity index (χ1) is 22.3. The molecule has 1 aromatic heterocycles. The van der Waals surface area contributed by atoms with E-state index in [2.05, 4.69) is 15.5 Å². The first-order valence-corrected chi connectivity index (χ1v) is 14.2. The predicted molar refractivity (Wildman–Crippen MR) is 172 cm³/mol. The highest BCUT2D eigenvalue weighted by Gasteiger charge is 2.20. The topological polar surface area (TPSA) is 138 Å². The number of rotatable bonds is 11. The quantitative estimate of drug-likeness (QED) is 0.0775. The summed E-state index contributed by atoms with van der Waals surface area (Å²) in [6.07, 6.45) is 1.46. The van der Waals surface area contributed by atoms with Gasteiger partial charge in [0.1, 0.15) is 11.4 Å². The zero-order chi connectivity index (χ0) is 32.6. The summed E-state index contributed by atoms with van der Waals surface area (Å²) >= 11 is 0. The Kier molecular flexibility index (Phi) is 9.62. The number of amides is 1. The second kappa shape index (κ2) is 14.1. The van der Waals surface area contributed by atoms with Crippen molar-refractivity contribution >= 4 is 35.0 Å². The summed E-state index contributed by atoms with van der Waals surface area (Å²) in [7, 11) is 2.99. The van der Waals surface area contributed by atoms with Gasteiger partial charge in [-0.05, 0) is 72.6 Å². The maximum absolute atomic E-state index is 13.3. The van der Waals surface area contributed by atoms with E-state index in [9.17, 15) is 14.4 Å². The molecule has 0 aliphatic rings. The summed E-state index contributed by atoms with van der Waals surface area (Å²) in [5.41, 5.74) is 6.07. The van der Waals surface area contributed by atoms with Crippen LogP contribution in [0, 0.1) is 0 Å². The lowest BCUT2D eigenvalue weighted by Crippen LogP contribution is -2.18. The fraction of sp³-hybridized carbons (Fsp3) is 0.143. The Hall–Kier alpha value is -6.10. The second-order valence-corrected chi connectivity index (χ2v) is 9.84. The Bertz CT molecular complexity index is 1930. The van der Waals surface area contributed by atoms with Crippen LogP contribution in [0.2, 0.25) is 0 Å². The summed E-state index contributed by atoms with van der Waals surface area (Å²) in [5, 5.41) is 5.00. The van der Waals surface area contributed by atoms with Crippen molar-refractivity contribution in [1.29, 1.82) is 0 Å². The van der Waals surface area contributed by atoms with Crippen LogP contribution in [0.15, 0.2) is 90.0 Å². The van der Waals surface area contributed by atoms with E-state index in [-0.39, 0.29) is 22.8 Å². The molecule has 0 atom stereocenters. The Labute approximate surface area is 264 Å². The third kappa shape index (κ3) is 6.99. The summed E-state index contributed by atoms with van der Waals surface area (Å²) in [6, 6.07) is 24.3. The largest absolute Gasteiger partial charge is 0.497 e. The van der Waals surface area contributed by atoms with E-state index < -0.39 is 17.8 Å². The standard InChI is InChI=1S/C35H31N3O8/c1-5-44-31-17-22(11-15-29(31)46-35(41)24-12-16-28(45-21(2)39)30(18-24)43-4)20-36-38-34(40)33-32(23-9-7-6-8-10-23)26-19-25(42-3)13-14-27(26)37-33/h6-20,37H,5H2,1-4H3,(H,38,40). The molecular weight excluding hydrogens is 590 g/mol. The van der Waals surface area contributed by atoms with Gasteiger partial charge in [-0.15, -0.1) is 0 Å². The average Bonchev–Trinajstić information content (AvgIpc) is 3.45. The fourth-order valence-electron chi connectivity index (χ4n) is 4.74. The molecule has 11 nitrogen and oxygen atoms in total. The zero-order valence-electron chi connectivity index (χ0n) is 25.6. The van der Waals surface area contributed by atoms with Crippen molar-refractivity contribution in [3.63, 3.8) is 0 Å². The van der Waals surface area contributed by atoms with E-state index in [1.54, 1.807) is 32.2 Å². The number of H-pyrrole nitrogens is 1. The molecule has 0 bridgehead atoms. The number of hydrogen-bond donors (Lipinski definition) is 2. The molecule has 0 radical (unpaired) electrons. The van der Waals surface area contributed by atoms with Gasteiger partial charge >= 0.3 is 11.9 Å². The minimum absolute atomic E-state index is 0.175. The van der Waals surface area contributed by atoms with Gasteiger partial charge in [0, 0.05) is 23.4 Å². The highest BCUT2D eigenvalue weighted by Crippen LogP contribution is 2.35. The lowest BCUT2D eigenvalue weighted by atomic mass is 10.0. The molecule has 0 aliphatic carbocycles. The number of nitrogens with zero attached hydrogens (tertiary/aromatic N) is 1. The number of carbonyl (C=O) groups is 3. The number of carbonyl (C=O) groups excluding carboxylic acids is 3. The maximum Gasteiger partial charge on any atom is 0.343 e. The monoisotopic (exact) mass is 621 g/mol. The van der Waals surface area contributed by atoms with Crippen molar-refractivity contribution in [1.82, 2.24) is 10.4 Å². The van der Waals surface area contributed by atoms with Gasteiger partial charge in [-0.25, -0.2) is 10.2 Å². The molecule has 4 aromatic carbocycles. The number of ether oxygens (including phenoxy) is 5. The smallest absolute Gasteiger partial charge is 0.343 e. The Balaban J connectivity index is 1.34. The first kappa shape index (κ1) is 31.3. The minimum Gasteiger partial charge on any atom is -0.497 e. The Morgan fingerprint density at radius 2 is 1.59 bits per heavy atom. The summed E-state index contributed by atoms with van der Waals surface area (Å²) in [4.78, 5) is 40.8. The molecule has 5 rings (SSSR count). The molecule has 0 saturated heterocycles. The van der Waals surface area contributed by atoms with Gasteiger partial charge in [0.15, 0.2) is 23.0 Å². The van der Waals surface area contributed by atoms with E-state index in [0.29, 0.717) is 29.4 Å². The van der Waals surface area contributed by atoms with E-state index in [4.69, 9.17) is 23.7 Å². The number of esters is 2. The van der Waals surface area contributed by atoms with Crippen LogP contribution in [0.25, 0.3) is 22.0 Å². The summed E-state index contributed by atoms with van der Waals surface area (Å²) in [6.45, 7) is 3.37. The van der Waals surface area contributed by atoms with Crippen molar-refractivity contribution in [2.75, 3.05) is 20.8 Å². The molecule has 0 spiro atoms. The third-order valence-corrected chi connectivity index (χ3v) is 6.80. The number of aromatic amines is 1. The minimum atomic E-state index is -0.674. The van der Waals surface area contributed by atoms with Crippen molar-refractivity contribution < 1.29 is 38.1 Å². The summed E-state index contributed by atoms with van der Waals surface area (Å²) in [5.74, 6) is -0.102. The highest BCUT2D eigenvalue weighted by atomic mass is 16.6. The lowest BCUT2D eigenvalue weighted by Gasteiger charge is -2.13. The maximum atomic E-state index is 13.3. The van der Waals surface area contributed by atoms with Crippen LogP contribution >= 0.6 is 0 Å². The first-order valence-electron chi connectivity index (χ1n) is 14.2. The molecule has 2 N–H and O–H groups in total. The Morgan fingerprint density at radius 3 is 2.30 bits per heavy atom. The van der Waals surface area contributed by atoms with Crippen molar-refractivity contribution in [2.45, 2.75) is 13.8 Å². The molecule has 0 fully saturated rings. The number of methoxy groups -OCH3 is 2. The number of benzene rings is 4.